The van der Waals surface area contributed by atoms with Crippen molar-refractivity contribution in [3.8, 4) is 0 Å². The summed E-state index contributed by atoms with van der Waals surface area (Å²) in [6.45, 7) is 6.56. The van der Waals surface area contributed by atoms with Gasteiger partial charge in [0.2, 0.25) is 0 Å². The Hall–Kier alpha value is -1.30. The first-order chi connectivity index (χ1) is 11.3. The van der Waals surface area contributed by atoms with Gasteiger partial charge in [0.25, 0.3) is 0 Å². The molecule has 0 aromatic heterocycles. The Morgan fingerprint density at radius 1 is 1.17 bits per heavy atom. The van der Waals surface area contributed by atoms with Gasteiger partial charge in [0, 0.05) is 44.8 Å². The van der Waals surface area contributed by atoms with Crippen LogP contribution in [0.5, 0.6) is 0 Å². The Labute approximate surface area is 144 Å². The smallest absolute Gasteiger partial charge is 0.191 e. The second-order valence-electron chi connectivity index (χ2n) is 5.61. The number of hydrogen-bond acceptors (Lipinski definition) is 3. The minimum absolute atomic E-state index is 0.789. The number of rotatable bonds is 7. The molecule has 0 unspecified atom stereocenters. The van der Waals surface area contributed by atoms with Crippen LogP contribution in [0.15, 0.2) is 29.3 Å². The molecule has 0 atom stereocenters. The van der Waals surface area contributed by atoms with Gasteiger partial charge >= 0.3 is 0 Å². The number of aliphatic imine (C=N–C) groups is 1. The van der Waals surface area contributed by atoms with E-state index in [0.29, 0.717) is 0 Å². The minimum atomic E-state index is 0.789. The Kier molecular flexibility index (Phi) is 8.21. The van der Waals surface area contributed by atoms with Gasteiger partial charge < -0.3 is 15.4 Å². The molecule has 0 radical (unpaired) electrons. The van der Waals surface area contributed by atoms with Crippen LogP contribution in [-0.4, -0.2) is 63.8 Å². The summed E-state index contributed by atoms with van der Waals surface area (Å²) in [5.74, 6) is 0.870. The van der Waals surface area contributed by atoms with Crippen molar-refractivity contribution in [1.82, 2.24) is 15.5 Å². The lowest BCUT2D eigenvalue weighted by Crippen LogP contribution is -2.44. The van der Waals surface area contributed by atoms with Gasteiger partial charge in [0.05, 0.1) is 13.2 Å². The van der Waals surface area contributed by atoms with Gasteiger partial charge in [0.1, 0.15) is 0 Å². The standard InChI is InChI=1S/C17H27ClN4O/c1-19-17(21-9-10-22-11-13-23-14-12-22)20-8-2-3-15-4-6-16(18)7-5-15/h4-7H,2-3,8-14H2,1H3,(H2,19,20,21). The molecule has 2 rings (SSSR count). The molecular formula is C17H27ClN4O. The molecule has 23 heavy (non-hydrogen) atoms. The lowest BCUT2D eigenvalue weighted by molar-refractivity contribution is 0.0389. The van der Waals surface area contributed by atoms with E-state index in [1.807, 2.05) is 19.2 Å². The third-order valence-corrected chi connectivity index (χ3v) is 4.15. The third kappa shape index (κ3) is 7.20. The summed E-state index contributed by atoms with van der Waals surface area (Å²) in [4.78, 5) is 6.67. The highest BCUT2D eigenvalue weighted by atomic mass is 35.5. The molecule has 5 nitrogen and oxygen atoms in total. The summed E-state index contributed by atoms with van der Waals surface area (Å²) >= 11 is 5.89. The summed E-state index contributed by atoms with van der Waals surface area (Å²) in [5, 5.41) is 7.51. The first-order valence-corrected chi connectivity index (χ1v) is 8.65. The predicted octanol–water partition coefficient (Wildman–Crippen LogP) is 1.77. The molecule has 1 aromatic rings. The van der Waals surface area contributed by atoms with Crippen molar-refractivity contribution in [2.75, 3.05) is 53.0 Å². The maximum atomic E-state index is 5.89. The molecule has 0 saturated carbocycles. The van der Waals surface area contributed by atoms with Crippen molar-refractivity contribution >= 4 is 17.6 Å². The Balaban J connectivity index is 1.56. The predicted molar refractivity (Wildman–Crippen MR) is 96.4 cm³/mol. The number of nitrogens with one attached hydrogen (secondary N) is 2. The van der Waals surface area contributed by atoms with Crippen LogP contribution in [0.4, 0.5) is 0 Å². The first-order valence-electron chi connectivity index (χ1n) is 8.27. The molecular weight excluding hydrogens is 312 g/mol. The topological polar surface area (TPSA) is 48.9 Å². The molecule has 1 aromatic carbocycles. The molecule has 1 heterocycles. The van der Waals surface area contributed by atoms with Crippen LogP contribution in [0.25, 0.3) is 0 Å². The number of guanidine groups is 1. The van der Waals surface area contributed by atoms with E-state index in [1.165, 1.54) is 5.56 Å². The van der Waals surface area contributed by atoms with E-state index in [2.05, 4.69) is 32.7 Å². The van der Waals surface area contributed by atoms with Gasteiger partial charge in [-0.15, -0.1) is 0 Å². The summed E-state index contributed by atoms with van der Waals surface area (Å²) in [7, 11) is 1.81. The SMILES string of the molecule is CN=C(NCCCc1ccc(Cl)cc1)NCCN1CCOCC1. The fraction of sp³-hybridized carbons (Fsp3) is 0.588. The minimum Gasteiger partial charge on any atom is -0.379 e. The molecule has 6 heteroatoms. The van der Waals surface area contributed by atoms with Crippen LogP contribution < -0.4 is 10.6 Å². The van der Waals surface area contributed by atoms with Crippen LogP contribution in [0.1, 0.15) is 12.0 Å². The van der Waals surface area contributed by atoms with Gasteiger partial charge in [-0.3, -0.25) is 9.89 Å². The number of morpholine rings is 1. The van der Waals surface area contributed by atoms with Gasteiger partial charge in [-0.1, -0.05) is 23.7 Å². The number of ether oxygens (including phenoxy) is 1. The Morgan fingerprint density at radius 2 is 1.87 bits per heavy atom. The van der Waals surface area contributed by atoms with Crippen molar-refractivity contribution in [1.29, 1.82) is 0 Å². The number of nitrogens with zero attached hydrogens (tertiary/aromatic N) is 2. The number of halogens is 1. The lowest BCUT2D eigenvalue weighted by atomic mass is 10.1. The molecule has 1 fully saturated rings. The maximum Gasteiger partial charge on any atom is 0.191 e. The second-order valence-corrected chi connectivity index (χ2v) is 6.05. The summed E-state index contributed by atoms with van der Waals surface area (Å²) < 4.78 is 5.35. The van der Waals surface area contributed by atoms with Crippen molar-refractivity contribution in [2.45, 2.75) is 12.8 Å². The maximum absolute atomic E-state index is 5.89. The fourth-order valence-corrected chi connectivity index (χ4v) is 2.65. The molecule has 0 spiro atoms. The molecule has 1 saturated heterocycles. The van der Waals surface area contributed by atoms with Crippen LogP contribution in [0, 0.1) is 0 Å². The van der Waals surface area contributed by atoms with Crippen LogP contribution in [-0.2, 0) is 11.2 Å². The highest BCUT2D eigenvalue weighted by Crippen LogP contribution is 2.10. The zero-order valence-corrected chi connectivity index (χ0v) is 14.6. The van der Waals surface area contributed by atoms with Crippen LogP contribution in [0.2, 0.25) is 5.02 Å². The quantitative estimate of drug-likeness (QED) is 0.452. The van der Waals surface area contributed by atoms with Crippen LogP contribution >= 0.6 is 11.6 Å². The molecule has 1 aliphatic heterocycles. The van der Waals surface area contributed by atoms with E-state index in [-0.39, 0.29) is 0 Å². The van der Waals surface area contributed by atoms with Crippen molar-refractivity contribution < 1.29 is 4.74 Å². The highest BCUT2D eigenvalue weighted by Gasteiger charge is 2.09. The Bertz CT molecular complexity index is 472. The van der Waals surface area contributed by atoms with Crippen molar-refractivity contribution in [3.63, 3.8) is 0 Å². The number of hydrogen-bond donors (Lipinski definition) is 2. The second kappa shape index (κ2) is 10.5. The van der Waals surface area contributed by atoms with Crippen molar-refractivity contribution in [2.24, 2.45) is 4.99 Å². The van der Waals surface area contributed by atoms with E-state index in [9.17, 15) is 0 Å². The third-order valence-electron chi connectivity index (χ3n) is 3.90. The van der Waals surface area contributed by atoms with Gasteiger partial charge in [-0.2, -0.15) is 0 Å². The highest BCUT2D eigenvalue weighted by molar-refractivity contribution is 6.30. The van der Waals surface area contributed by atoms with E-state index in [0.717, 1.165) is 69.8 Å². The van der Waals surface area contributed by atoms with E-state index in [4.69, 9.17) is 16.3 Å². The molecule has 128 valence electrons. The summed E-state index contributed by atoms with van der Waals surface area (Å²) in [5.41, 5.74) is 1.31. The first kappa shape index (κ1) is 18.0. The molecule has 1 aliphatic rings. The van der Waals surface area contributed by atoms with Gasteiger partial charge in [0.15, 0.2) is 5.96 Å². The monoisotopic (exact) mass is 338 g/mol. The fourth-order valence-electron chi connectivity index (χ4n) is 2.53. The molecule has 2 N–H and O–H groups in total. The zero-order valence-electron chi connectivity index (χ0n) is 13.9. The zero-order chi connectivity index (χ0) is 16.3. The van der Waals surface area contributed by atoms with E-state index >= 15 is 0 Å². The number of aryl methyl sites for hydroxylation is 1. The van der Waals surface area contributed by atoms with Gasteiger partial charge in [-0.05, 0) is 30.5 Å². The van der Waals surface area contributed by atoms with E-state index in [1.54, 1.807) is 0 Å². The van der Waals surface area contributed by atoms with Crippen molar-refractivity contribution in [3.05, 3.63) is 34.9 Å². The molecule has 0 aliphatic carbocycles. The molecule has 0 bridgehead atoms. The van der Waals surface area contributed by atoms with E-state index < -0.39 is 0 Å². The number of benzene rings is 1. The normalized spacial score (nSPS) is 16.3. The average molecular weight is 339 g/mol. The van der Waals surface area contributed by atoms with Gasteiger partial charge in [-0.25, -0.2) is 0 Å². The summed E-state index contributed by atoms with van der Waals surface area (Å²) in [6, 6.07) is 8.04. The van der Waals surface area contributed by atoms with Crippen LogP contribution in [0.3, 0.4) is 0 Å². The summed E-state index contributed by atoms with van der Waals surface area (Å²) in [6.07, 6.45) is 2.10. The molecule has 0 amide bonds. The largest absolute Gasteiger partial charge is 0.379 e. The Morgan fingerprint density at radius 3 is 2.57 bits per heavy atom. The lowest BCUT2D eigenvalue weighted by Gasteiger charge is -2.26. The average Bonchev–Trinajstić information content (AvgIpc) is 2.59.